The normalized spacial score (nSPS) is 18.7. The van der Waals surface area contributed by atoms with E-state index in [4.69, 9.17) is 17.3 Å². The van der Waals surface area contributed by atoms with Crippen LogP contribution in [0.25, 0.3) is 0 Å². The molecule has 2 rings (SSSR count). The first kappa shape index (κ1) is 12.4. The summed E-state index contributed by atoms with van der Waals surface area (Å²) < 4.78 is 0. The van der Waals surface area contributed by atoms with Crippen molar-refractivity contribution in [1.29, 1.82) is 0 Å². The van der Waals surface area contributed by atoms with Crippen LogP contribution in [0.2, 0.25) is 5.02 Å². The molecule has 0 aromatic heterocycles. The molecule has 1 aliphatic heterocycles. The number of aliphatic hydroxyl groups is 1. The van der Waals surface area contributed by atoms with Crippen molar-refractivity contribution in [2.45, 2.75) is 12.0 Å². The van der Waals surface area contributed by atoms with E-state index in [2.05, 4.69) is 0 Å². The molecule has 1 heterocycles. The molecule has 0 bridgehead atoms. The number of benzene rings is 1. The topological polar surface area (TPSA) is 66.6 Å². The molecule has 5 heteroatoms. The number of halogens is 1. The molecule has 92 valence electrons. The molecule has 1 aliphatic rings. The summed E-state index contributed by atoms with van der Waals surface area (Å²) >= 11 is 5.80. The predicted molar refractivity (Wildman–Crippen MR) is 65.8 cm³/mol. The summed E-state index contributed by atoms with van der Waals surface area (Å²) in [6, 6.07) is 7.12. The Bertz CT molecular complexity index is 401. The Kier molecular flexibility index (Phi) is 3.66. The van der Waals surface area contributed by atoms with Gasteiger partial charge in [0.1, 0.15) is 0 Å². The number of rotatable bonds is 4. The Balaban J connectivity index is 2.06. The highest BCUT2D eigenvalue weighted by atomic mass is 35.5. The average Bonchev–Trinajstić information content (AvgIpc) is 2.24. The lowest BCUT2D eigenvalue weighted by molar-refractivity contribution is -0.120. The number of carbonyl (C=O) groups excluding carboxylic acids is 1. The van der Waals surface area contributed by atoms with Crippen LogP contribution >= 0.6 is 11.6 Å². The second-order valence-corrected chi connectivity index (χ2v) is 4.82. The molecule has 0 saturated carbocycles. The molecular formula is C12H15ClN2O2. The predicted octanol–water partition coefficient (Wildman–Crippen LogP) is 0.585. The van der Waals surface area contributed by atoms with E-state index in [-0.39, 0.29) is 17.9 Å². The summed E-state index contributed by atoms with van der Waals surface area (Å²) in [6.07, 6.45) is -0.270. The van der Waals surface area contributed by atoms with Gasteiger partial charge in [0.15, 0.2) is 0 Å². The maximum absolute atomic E-state index is 11.4. The third-order valence-corrected chi connectivity index (χ3v) is 3.25. The number of hydrogen-bond acceptors (Lipinski definition) is 3. The van der Waals surface area contributed by atoms with E-state index in [0.717, 1.165) is 5.56 Å². The van der Waals surface area contributed by atoms with Crippen molar-refractivity contribution in [1.82, 2.24) is 4.90 Å². The van der Waals surface area contributed by atoms with Crippen LogP contribution in [0.1, 0.15) is 11.5 Å². The second kappa shape index (κ2) is 5.04. The van der Waals surface area contributed by atoms with Gasteiger partial charge < -0.3 is 10.8 Å². The third-order valence-electron chi connectivity index (χ3n) is 2.99. The van der Waals surface area contributed by atoms with Gasteiger partial charge in [-0.2, -0.15) is 0 Å². The number of amides is 1. The highest BCUT2D eigenvalue weighted by Gasteiger charge is 2.29. The lowest BCUT2D eigenvalue weighted by Crippen LogP contribution is -2.52. The van der Waals surface area contributed by atoms with E-state index in [1.807, 2.05) is 17.0 Å². The molecule has 1 unspecified atom stereocenters. The molecule has 17 heavy (non-hydrogen) atoms. The van der Waals surface area contributed by atoms with Crippen LogP contribution in [-0.4, -0.2) is 41.7 Å². The van der Waals surface area contributed by atoms with E-state index in [1.165, 1.54) is 0 Å². The van der Waals surface area contributed by atoms with E-state index < -0.39 is 0 Å². The Morgan fingerprint density at radius 1 is 1.47 bits per heavy atom. The Labute approximate surface area is 105 Å². The largest absolute Gasteiger partial charge is 0.390 e. The minimum absolute atomic E-state index is 0.270. The maximum atomic E-state index is 11.4. The van der Waals surface area contributed by atoms with Crippen LogP contribution < -0.4 is 5.73 Å². The SMILES string of the molecule is NC(=O)C(CN1CC(O)C1)c1ccc(Cl)cc1. The molecule has 1 saturated heterocycles. The summed E-state index contributed by atoms with van der Waals surface area (Å²) in [4.78, 5) is 13.5. The molecule has 0 spiro atoms. The summed E-state index contributed by atoms with van der Waals surface area (Å²) in [5.74, 6) is -0.700. The fraction of sp³-hybridized carbons (Fsp3) is 0.417. The van der Waals surface area contributed by atoms with Crippen molar-refractivity contribution in [2.75, 3.05) is 19.6 Å². The molecule has 1 atom stereocenters. The zero-order valence-corrected chi connectivity index (χ0v) is 10.1. The van der Waals surface area contributed by atoms with Crippen molar-refractivity contribution in [3.05, 3.63) is 34.9 Å². The molecule has 3 N–H and O–H groups in total. The van der Waals surface area contributed by atoms with Crippen LogP contribution in [0.3, 0.4) is 0 Å². The molecule has 1 aromatic carbocycles. The number of nitrogens with two attached hydrogens (primary N) is 1. The monoisotopic (exact) mass is 254 g/mol. The highest BCUT2D eigenvalue weighted by Crippen LogP contribution is 2.21. The first-order valence-electron chi connectivity index (χ1n) is 5.51. The van der Waals surface area contributed by atoms with Gasteiger partial charge in [-0.05, 0) is 17.7 Å². The van der Waals surface area contributed by atoms with Gasteiger partial charge in [-0.25, -0.2) is 0 Å². The van der Waals surface area contributed by atoms with Crippen LogP contribution in [0, 0.1) is 0 Å². The fourth-order valence-electron chi connectivity index (χ4n) is 2.00. The third kappa shape index (κ3) is 2.97. The number of nitrogens with zero attached hydrogens (tertiary/aromatic N) is 1. The molecule has 0 aliphatic carbocycles. The van der Waals surface area contributed by atoms with Gasteiger partial charge in [-0.15, -0.1) is 0 Å². The van der Waals surface area contributed by atoms with Crippen LogP contribution in [0.15, 0.2) is 24.3 Å². The number of primary amides is 1. The van der Waals surface area contributed by atoms with E-state index in [9.17, 15) is 9.90 Å². The van der Waals surface area contributed by atoms with Gasteiger partial charge in [0.25, 0.3) is 0 Å². The van der Waals surface area contributed by atoms with Crippen LogP contribution in [0.4, 0.5) is 0 Å². The number of hydrogen-bond donors (Lipinski definition) is 2. The highest BCUT2D eigenvalue weighted by molar-refractivity contribution is 6.30. The van der Waals surface area contributed by atoms with Gasteiger partial charge in [-0.3, -0.25) is 9.69 Å². The fourth-order valence-corrected chi connectivity index (χ4v) is 2.13. The quantitative estimate of drug-likeness (QED) is 0.826. The number of carbonyl (C=O) groups is 1. The van der Waals surface area contributed by atoms with E-state index >= 15 is 0 Å². The average molecular weight is 255 g/mol. The van der Waals surface area contributed by atoms with Gasteiger partial charge in [0, 0.05) is 24.7 Å². The van der Waals surface area contributed by atoms with Crippen molar-refractivity contribution in [2.24, 2.45) is 5.73 Å². The van der Waals surface area contributed by atoms with Crippen molar-refractivity contribution in [3.8, 4) is 0 Å². The Hall–Kier alpha value is -1.10. The van der Waals surface area contributed by atoms with Gasteiger partial charge in [-0.1, -0.05) is 23.7 Å². The Morgan fingerprint density at radius 3 is 2.53 bits per heavy atom. The van der Waals surface area contributed by atoms with Crippen molar-refractivity contribution < 1.29 is 9.90 Å². The van der Waals surface area contributed by atoms with Crippen molar-refractivity contribution >= 4 is 17.5 Å². The first-order chi connectivity index (χ1) is 8.06. The molecular weight excluding hydrogens is 240 g/mol. The molecule has 1 aromatic rings. The minimum Gasteiger partial charge on any atom is -0.390 e. The summed E-state index contributed by atoms with van der Waals surface area (Å²) in [5, 5.41) is 9.84. The zero-order chi connectivity index (χ0) is 12.4. The van der Waals surface area contributed by atoms with E-state index in [0.29, 0.717) is 24.7 Å². The number of aliphatic hydroxyl groups excluding tert-OH is 1. The number of β-amino-alcohol motifs (C(OH)–C–C–N with tert-alkyl or cyclic N) is 1. The van der Waals surface area contributed by atoms with Crippen LogP contribution in [-0.2, 0) is 4.79 Å². The summed E-state index contributed by atoms with van der Waals surface area (Å²) in [6.45, 7) is 1.77. The minimum atomic E-state index is -0.353. The molecule has 0 radical (unpaired) electrons. The van der Waals surface area contributed by atoms with Gasteiger partial charge in [0.2, 0.25) is 5.91 Å². The smallest absolute Gasteiger partial charge is 0.226 e. The van der Waals surface area contributed by atoms with Gasteiger partial charge in [0.05, 0.1) is 12.0 Å². The first-order valence-corrected chi connectivity index (χ1v) is 5.89. The molecule has 4 nitrogen and oxygen atoms in total. The van der Waals surface area contributed by atoms with Crippen LogP contribution in [0.5, 0.6) is 0 Å². The summed E-state index contributed by atoms with van der Waals surface area (Å²) in [7, 11) is 0. The maximum Gasteiger partial charge on any atom is 0.226 e. The standard InChI is InChI=1S/C12H15ClN2O2/c13-9-3-1-8(2-4-9)11(12(14)17)7-15-5-10(16)6-15/h1-4,10-11,16H,5-7H2,(H2,14,17). The Morgan fingerprint density at radius 2 is 2.06 bits per heavy atom. The lowest BCUT2D eigenvalue weighted by atomic mass is 9.96. The zero-order valence-electron chi connectivity index (χ0n) is 9.34. The van der Waals surface area contributed by atoms with E-state index in [1.54, 1.807) is 12.1 Å². The molecule has 1 amide bonds. The lowest BCUT2D eigenvalue weighted by Gasteiger charge is -2.37. The second-order valence-electron chi connectivity index (χ2n) is 4.38. The number of likely N-dealkylation sites (tertiary alicyclic amines) is 1. The molecule has 1 fully saturated rings. The summed E-state index contributed by atoms with van der Waals surface area (Å²) in [5.41, 5.74) is 6.27. The van der Waals surface area contributed by atoms with Crippen molar-refractivity contribution in [3.63, 3.8) is 0 Å². The van der Waals surface area contributed by atoms with Gasteiger partial charge >= 0.3 is 0 Å².